The van der Waals surface area contributed by atoms with Gasteiger partial charge in [-0.05, 0) is 52.2 Å². The first-order chi connectivity index (χ1) is 9.75. The highest BCUT2D eigenvalue weighted by molar-refractivity contribution is 6.62. The lowest BCUT2D eigenvalue weighted by molar-refractivity contribution is 0.00578. The van der Waals surface area contributed by atoms with Crippen LogP contribution in [-0.4, -0.2) is 30.9 Å². The van der Waals surface area contributed by atoms with Crippen LogP contribution in [0, 0.1) is 0 Å². The minimum Gasteiger partial charge on any atom is -0.399 e. The molecule has 0 aromatic heterocycles. The number of carbonyl (C=O) groups is 1. The lowest BCUT2D eigenvalue weighted by Gasteiger charge is -2.32. The van der Waals surface area contributed by atoms with Crippen LogP contribution in [0.15, 0.2) is 24.3 Å². The highest BCUT2D eigenvalue weighted by Crippen LogP contribution is 2.36. The average molecular weight is 290 g/mol. The zero-order chi connectivity index (χ0) is 15.7. The summed E-state index contributed by atoms with van der Waals surface area (Å²) in [6, 6.07) is 7.30. The monoisotopic (exact) mass is 290 g/mol. The molecule has 2 amide bonds. The van der Waals surface area contributed by atoms with Gasteiger partial charge < -0.3 is 19.9 Å². The Hall–Kier alpha value is -1.53. The van der Waals surface area contributed by atoms with E-state index in [4.69, 9.17) is 9.31 Å². The minimum absolute atomic E-state index is 0.219. The largest absolute Gasteiger partial charge is 0.494 e. The molecule has 0 bridgehead atoms. The summed E-state index contributed by atoms with van der Waals surface area (Å²) in [4.78, 5) is 11.6. The van der Waals surface area contributed by atoms with E-state index in [2.05, 4.69) is 10.6 Å². The van der Waals surface area contributed by atoms with Gasteiger partial charge in [0.1, 0.15) is 0 Å². The third kappa shape index (κ3) is 3.39. The van der Waals surface area contributed by atoms with Crippen molar-refractivity contribution >= 4 is 24.3 Å². The van der Waals surface area contributed by atoms with Gasteiger partial charge in [-0.15, -0.1) is 0 Å². The molecule has 21 heavy (non-hydrogen) atoms. The predicted octanol–water partition coefficient (Wildman–Crippen LogP) is 2.13. The van der Waals surface area contributed by atoms with Crippen molar-refractivity contribution in [3.05, 3.63) is 24.3 Å². The number of benzene rings is 1. The normalized spacial score (nSPS) is 19.4. The molecule has 2 N–H and O–H groups in total. The Morgan fingerprint density at radius 2 is 1.81 bits per heavy atom. The number of carbonyl (C=O) groups excluding carboxylic acids is 1. The molecular formula is C15H23BN2O3. The lowest BCUT2D eigenvalue weighted by Crippen LogP contribution is -2.41. The molecule has 0 radical (unpaired) electrons. The Balaban J connectivity index is 2.14. The van der Waals surface area contributed by atoms with E-state index in [9.17, 15) is 4.79 Å². The fourth-order valence-electron chi connectivity index (χ4n) is 2.08. The fraction of sp³-hybridized carbons (Fsp3) is 0.533. The number of amides is 2. The second-order valence-corrected chi connectivity index (χ2v) is 6.20. The molecule has 1 aromatic rings. The molecule has 6 heteroatoms. The van der Waals surface area contributed by atoms with Crippen molar-refractivity contribution in [2.24, 2.45) is 0 Å². The topological polar surface area (TPSA) is 59.6 Å². The number of hydrogen-bond donors (Lipinski definition) is 2. The standard InChI is InChI=1S/C15H23BN2O3/c1-6-17-13(19)18-12-9-7-8-11(10-12)16-20-14(2,3)15(4,5)21-16/h7-10H,6H2,1-5H3,(H2,17,18,19). The van der Waals surface area contributed by atoms with Gasteiger partial charge in [0.15, 0.2) is 0 Å². The predicted molar refractivity (Wildman–Crippen MR) is 84.9 cm³/mol. The summed E-state index contributed by atoms with van der Waals surface area (Å²) in [6.07, 6.45) is 0. The average Bonchev–Trinajstić information content (AvgIpc) is 2.59. The van der Waals surface area contributed by atoms with Crippen molar-refractivity contribution in [3.63, 3.8) is 0 Å². The second kappa shape index (κ2) is 5.69. The summed E-state index contributed by atoms with van der Waals surface area (Å²) in [6.45, 7) is 10.5. The highest BCUT2D eigenvalue weighted by atomic mass is 16.7. The number of rotatable bonds is 3. The smallest absolute Gasteiger partial charge is 0.399 e. The molecule has 114 valence electrons. The van der Waals surface area contributed by atoms with Gasteiger partial charge in [0.25, 0.3) is 0 Å². The highest BCUT2D eigenvalue weighted by Gasteiger charge is 2.51. The molecule has 1 fully saturated rings. The van der Waals surface area contributed by atoms with Crippen molar-refractivity contribution in [1.29, 1.82) is 0 Å². The maximum Gasteiger partial charge on any atom is 0.494 e. The first-order valence-electron chi connectivity index (χ1n) is 7.25. The molecule has 1 saturated heterocycles. The van der Waals surface area contributed by atoms with Gasteiger partial charge in [-0.1, -0.05) is 12.1 Å². The van der Waals surface area contributed by atoms with Gasteiger partial charge in [0.2, 0.25) is 0 Å². The Morgan fingerprint density at radius 1 is 1.19 bits per heavy atom. The summed E-state index contributed by atoms with van der Waals surface area (Å²) in [5.74, 6) is 0. The molecule has 2 rings (SSSR count). The molecule has 1 aliphatic heterocycles. The quantitative estimate of drug-likeness (QED) is 0.838. The van der Waals surface area contributed by atoms with Crippen LogP contribution < -0.4 is 16.1 Å². The van der Waals surface area contributed by atoms with Crippen molar-refractivity contribution < 1.29 is 14.1 Å². The number of nitrogens with one attached hydrogen (secondary N) is 2. The molecule has 0 spiro atoms. The molecular weight excluding hydrogens is 267 g/mol. The van der Waals surface area contributed by atoms with Crippen molar-refractivity contribution in [2.75, 3.05) is 11.9 Å². The Labute approximate surface area is 126 Å². The summed E-state index contributed by atoms with van der Waals surface area (Å²) >= 11 is 0. The van der Waals surface area contributed by atoms with Gasteiger partial charge in [-0.25, -0.2) is 4.79 Å². The molecule has 0 atom stereocenters. The van der Waals surface area contributed by atoms with Crippen LogP contribution in [0.4, 0.5) is 10.5 Å². The molecule has 0 saturated carbocycles. The molecule has 0 aliphatic carbocycles. The zero-order valence-corrected chi connectivity index (χ0v) is 13.3. The van der Waals surface area contributed by atoms with E-state index in [1.165, 1.54) is 0 Å². The maximum absolute atomic E-state index is 11.6. The van der Waals surface area contributed by atoms with Gasteiger partial charge in [-0.2, -0.15) is 0 Å². The van der Waals surface area contributed by atoms with Crippen LogP contribution in [-0.2, 0) is 9.31 Å². The van der Waals surface area contributed by atoms with Gasteiger partial charge in [0.05, 0.1) is 11.2 Å². The van der Waals surface area contributed by atoms with E-state index in [1.807, 2.05) is 58.9 Å². The van der Waals surface area contributed by atoms with Crippen LogP contribution in [0.5, 0.6) is 0 Å². The van der Waals surface area contributed by atoms with Crippen LogP contribution in [0.1, 0.15) is 34.6 Å². The minimum atomic E-state index is -0.425. The van der Waals surface area contributed by atoms with Crippen LogP contribution >= 0.6 is 0 Å². The van der Waals surface area contributed by atoms with E-state index in [0.717, 1.165) is 5.46 Å². The van der Waals surface area contributed by atoms with Gasteiger partial charge in [0, 0.05) is 12.2 Å². The van der Waals surface area contributed by atoms with E-state index in [1.54, 1.807) is 0 Å². The van der Waals surface area contributed by atoms with Crippen molar-refractivity contribution in [1.82, 2.24) is 5.32 Å². The second-order valence-electron chi connectivity index (χ2n) is 6.20. The molecule has 1 aromatic carbocycles. The van der Waals surface area contributed by atoms with E-state index in [0.29, 0.717) is 12.2 Å². The van der Waals surface area contributed by atoms with E-state index >= 15 is 0 Å². The Kier molecular flexibility index (Phi) is 4.30. The molecule has 5 nitrogen and oxygen atoms in total. The summed E-state index contributed by atoms with van der Waals surface area (Å²) in [7, 11) is -0.425. The number of hydrogen-bond acceptors (Lipinski definition) is 3. The Bertz CT molecular complexity index is 515. The first kappa shape index (κ1) is 15.9. The summed E-state index contributed by atoms with van der Waals surface area (Å²) in [5.41, 5.74) is 0.859. The van der Waals surface area contributed by atoms with Crippen LogP contribution in [0.2, 0.25) is 0 Å². The van der Waals surface area contributed by atoms with Crippen LogP contribution in [0.3, 0.4) is 0 Å². The van der Waals surface area contributed by atoms with Crippen molar-refractivity contribution in [2.45, 2.75) is 45.8 Å². The molecule has 1 heterocycles. The maximum atomic E-state index is 11.6. The Morgan fingerprint density at radius 3 is 2.38 bits per heavy atom. The lowest BCUT2D eigenvalue weighted by atomic mass is 9.79. The fourth-order valence-corrected chi connectivity index (χ4v) is 2.08. The van der Waals surface area contributed by atoms with Gasteiger partial charge in [-0.3, -0.25) is 0 Å². The zero-order valence-electron chi connectivity index (χ0n) is 13.3. The van der Waals surface area contributed by atoms with Crippen molar-refractivity contribution in [3.8, 4) is 0 Å². The number of urea groups is 1. The number of anilines is 1. The molecule has 0 unspecified atom stereocenters. The molecule has 1 aliphatic rings. The first-order valence-corrected chi connectivity index (χ1v) is 7.25. The third-order valence-corrected chi connectivity index (χ3v) is 4.01. The van der Waals surface area contributed by atoms with Crippen LogP contribution in [0.25, 0.3) is 0 Å². The summed E-state index contributed by atoms with van der Waals surface area (Å²) in [5, 5.41) is 5.48. The SMILES string of the molecule is CCNC(=O)Nc1cccc(B2OC(C)(C)C(C)(C)O2)c1. The third-order valence-electron chi connectivity index (χ3n) is 4.01. The van der Waals surface area contributed by atoms with E-state index < -0.39 is 7.12 Å². The summed E-state index contributed by atoms with van der Waals surface area (Å²) < 4.78 is 12.0. The van der Waals surface area contributed by atoms with Gasteiger partial charge >= 0.3 is 13.1 Å². The van der Waals surface area contributed by atoms with E-state index in [-0.39, 0.29) is 17.2 Å².